The number of hydrazine groups is 1. The van der Waals surface area contributed by atoms with E-state index in [-0.39, 0.29) is 28.6 Å². The minimum absolute atomic E-state index is 0.175. The number of alkyl halides is 3. The van der Waals surface area contributed by atoms with Gasteiger partial charge in [0.05, 0.1) is 11.8 Å². The molecule has 2 aromatic rings. The number of rotatable bonds is 5. The van der Waals surface area contributed by atoms with Crippen molar-refractivity contribution in [3.8, 4) is 0 Å². The molecule has 11 heteroatoms. The van der Waals surface area contributed by atoms with Crippen molar-refractivity contribution in [3.05, 3.63) is 40.3 Å². The van der Waals surface area contributed by atoms with Gasteiger partial charge in [-0.15, -0.1) is 0 Å². The maximum absolute atomic E-state index is 12.6. The van der Waals surface area contributed by atoms with Crippen molar-refractivity contribution in [1.29, 1.82) is 0 Å². The first-order valence-electron chi connectivity index (χ1n) is 8.36. The smallest absolute Gasteiger partial charge is 0.380 e. The number of nitrogens with zero attached hydrogens (tertiary/aromatic N) is 2. The van der Waals surface area contributed by atoms with Crippen LogP contribution >= 0.6 is 0 Å². The van der Waals surface area contributed by atoms with Gasteiger partial charge >= 0.3 is 6.18 Å². The van der Waals surface area contributed by atoms with Gasteiger partial charge in [0.25, 0.3) is 11.5 Å². The van der Waals surface area contributed by atoms with Crippen molar-refractivity contribution in [2.45, 2.75) is 45.0 Å². The molecular formula is C17H19F3N4O4. The lowest BCUT2D eigenvalue weighted by atomic mass is 10.0. The van der Waals surface area contributed by atoms with Gasteiger partial charge in [-0.2, -0.15) is 18.3 Å². The van der Waals surface area contributed by atoms with Crippen LogP contribution in [0.15, 0.2) is 29.1 Å². The summed E-state index contributed by atoms with van der Waals surface area (Å²) in [7, 11) is 0. The van der Waals surface area contributed by atoms with Crippen LogP contribution in [-0.2, 0) is 11.3 Å². The summed E-state index contributed by atoms with van der Waals surface area (Å²) in [4.78, 5) is 36.4. The molecule has 2 rings (SSSR count). The summed E-state index contributed by atoms with van der Waals surface area (Å²) in [6.07, 6.45) is -5.74. The first kappa shape index (κ1) is 21.4. The van der Waals surface area contributed by atoms with Crippen LogP contribution in [0.2, 0.25) is 0 Å². The van der Waals surface area contributed by atoms with Crippen molar-refractivity contribution in [1.82, 2.24) is 20.6 Å². The fourth-order valence-electron chi connectivity index (χ4n) is 2.41. The molecule has 2 amide bonds. The molecule has 8 nitrogen and oxygen atoms in total. The van der Waals surface area contributed by atoms with E-state index in [0.29, 0.717) is 13.3 Å². The van der Waals surface area contributed by atoms with Gasteiger partial charge in [-0.1, -0.05) is 25.1 Å². The zero-order valence-electron chi connectivity index (χ0n) is 15.1. The Labute approximate surface area is 157 Å². The molecule has 0 bridgehead atoms. The van der Waals surface area contributed by atoms with E-state index in [1.165, 1.54) is 12.1 Å². The minimum Gasteiger partial charge on any atom is -0.380 e. The number of fused-ring (bicyclic) bond motifs is 1. The molecule has 28 heavy (non-hydrogen) atoms. The third kappa shape index (κ3) is 4.47. The normalized spacial score (nSPS) is 13.8. The minimum atomic E-state index is -5.01. The van der Waals surface area contributed by atoms with Gasteiger partial charge in [-0.25, -0.2) is 4.68 Å². The average Bonchev–Trinajstić information content (AvgIpc) is 2.61. The molecule has 0 fully saturated rings. The number of carbonyl (C=O) groups is 2. The Hall–Kier alpha value is -2.95. The number of benzene rings is 1. The average molecular weight is 400 g/mol. The quantitative estimate of drug-likeness (QED) is 0.655. The van der Waals surface area contributed by atoms with E-state index in [0.717, 1.165) is 4.68 Å². The highest BCUT2D eigenvalue weighted by molar-refractivity contribution is 6.05. The van der Waals surface area contributed by atoms with Gasteiger partial charge in [0, 0.05) is 11.9 Å². The number of nitrogens with one attached hydrogen (secondary N) is 2. The zero-order chi connectivity index (χ0) is 21.1. The SMILES string of the molecule is CCCn1nc(C(=O)NNC(=O)C[C@@](C)(O)C(F)(F)F)c2ccccc2c1=O. The first-order valence-corrected chi connectivity index (χ1v) is 8.36. The van der Waals surface area contributed by atoms with Crippen molar-refractivity contribution >= 4 is 22.6 Å². The van der Waals surface area contributed by atoms with Crippen molar-refractivity contribution in [3.63, 3.8) is 0 Å². The summed E-state index contributed by atoms with van der Waals surface area (Å²) in [6, 6.07) is 6.21. The third-order valence-electron chi connectivity index (χ3n) is 3.95. The molecule has 0 aliphatic carbocycles. The predicted octanol–water partition coefficient (Wildman–Crippen LogP) is 1.27. The Morgan fingerprint density at radius 3 is 2.36 bits per heavy atom. The van der Waals surface area contributed by atoms with Crippen LogP contribution in [0.5, 0.6) is 0 Å². The number of hydrogen-bond donors (Lipinski definition) is 3. The topological polar surface area (TPSA) is 113 Å². The summed E-state index contributed by atoms with van der Waals surface area (Å²) in [5.74, 6) is -2.16. The molecular weight excluding hydrogens is 381 g/mol. The molecule has 1 aromatic heterocycles. The summed E-state index contributed by atoms with van der Waals surface area (Å²) in [5.41, 5.74) is -0.0401. The number of hydrogen-bond acceptors (Lipinski definition) is 5. The van der Waals surface area contributed by atoms with E-state index in [1.807, 2.05) is 17.8 Å². The van der Waals surface area contributed by atoms with E-state index in [2.05, 4.69) is 5.10 Å². The number of halogens is 3. The fourth-order valence-corrected chi connectivity index (χ4v) is 2.41. The number of aryl methyl sites for hydroxylation is 1. The Morgan fingerprint density at radius 1 is 1.18 bits per heavy atom. The molecule has 1 atom stereocenters. The lowest BCUT2D eigenvalue weighted by Gasteiger charge is -2.25. The van der Waals surface area contributed by atoms with Gasteiger partial charge in [0.15, 0.2) is 11.3 Å². The molecule has 0 spiro atoms. The second kappa shape index (κ2) is 7.97. The van der Waals surface area contributed by atoms with Gasteiger partial charge in [0.2, 0.25) is 5.91 Å². The molecule has 0 saturated carbocycles. The van der Waals surface area contributed by atoms with E-state index in [4.69, 9.17) is 0 Å². The predicted molar refractivity (Wildman–Crippen MR) is 93.2 cm³/mol. The summed E-state index contributed by atoms with van der Waals surface area (Å²) < 4.78 is 39.0. The number of aromatic nitrogens is 2. The van der Waals surface area contributed by atoms with Gasteiger partial charge < -0.3 is 5.11 Å². The zero-order valence-corrected chi connectivity index (χ0v) is 15.1. The molecule has 1 heterocycles. The van der Waals surface area contributed by atoms with Crippen LogP contribution in [0.25, 0.3) is 10.8 Å². The number of aliphatic hydroxyl groups is 1. The second-order valence-electron chi connectivity index (χ2n) is 6.37. The first-order chi connectivity index (χ1) is 13.0. The highest BCUT2D eigenvalue weighted by Gasteiger charge is 2.51. The summed E-state index contributed by atoms with van der Waals surface area (Å²) >= 11 is 0. The highest BCUT2D eigenvalue weighted by Crippen LogP contribution is 2.32. The Balaban J connectivity index is 2.23. The summed E-state index contributed by atoms with van der Waals surface area (Å²) in [5, 5.41) is 13.8. The molecule has 1 aromatic carbocycles. The van der Waals surface area contributed by atoms with Crippen LogP contribution < -0.4 is 16.4 Å². The van der Waals surface area contributed by atoms with Crippen molar-refractivity contribution in [2.75, 3.05) is 0 Å². The van der Waals surface area contributed by atoms with Crippen LogP contribution in [0.1, 0.15) is 37.2 Å². The standard InChI is InChI=1S/C17H19F3N4O4/c1-3-8-24-15(27)11-7-5-4-6-10(11)13(23-24)14(26)22-21-12(25)9-16(2,28)17(18,19)20/h4-7,28H,3,8-9H2,1-2H3,(H,21,25)(H,22,26)/t16-/m1/s1. The van der Waals surface area contributed by atoms with Crippen LogP contribution in [0.3, 0.4) is 0 Å². The van der Waals surface area contributed by atoms with Crippen LogP contribution in [-0.4, -0.2) is 38.5 Å². The third-order valence-corrected chi connectivity index (χ3v) is 3.95. The van der Waals surface area contributed by atoms with Crippen molar-refractivity contribution < 1.29 is 27.9 Å². The Kier molecular flexibility index (Phi) is 6.07. The molecule has 152 valence electrons. The molecule has 3 N–H and O–H groups in total. The maximum Gasteiger partial charge on any atom is 0.417 e. The van der Waals surface area contributed by atoms with E-state index < -0.39 is 30.0 Å². The van der Waals surface area contributed by atoms with Crippen LogP contribution in [0.4, 0.5) is 13.2 Å². The monoisotopic (exact) mass is 400 g/mol. The van der Waals surface area contributed by atoms with Gasteiger partial charge in [0.1, 0.15) is 0 Å². The summed E-state index contributed by atoms with van der Waals surface area (Å²) in [6.45, 7) is 2.52. The Bertz CT molecular complexity index is 954. The maximum atomic E-state index is 12.6. The van der Waals surface area contributed by atoms with Gasteiger partial charge in [-0.05, 0) is 19.4 Å². The van der Waals surface area contributed by atoms with Crippen LogP contribution in [0, 0.1) is 0 Å². The van der Waals surface area contributed by atoms with Crippen molar-refractivity contribution in [2.24, 2.45) is 0 Å². The molecule has 0 radical (unpaired) electrons. The highest BCUT2D eigenvalue weighted by atomic mass is 19.4. The van der Waals surface area contributed by atoms with E-state index >= 15 is 0 Å². The fraction of sp³-hybridized carbons (Fsp3) is 0.412. The molecule has 0 saturated heterocycles. The lowest BCUT2D eigenvalue weighted by Crippen LogP contribution is -2.49. The van der Waals surface area contributed by atoms with Gasteiger partial charge in [-0.3, -0.25) is 25.2 Å². The molecule has 0 aliphatic heterocycles. The van der Waals surface area contributed by atoms with E-state index in [9.17, 15) is 32.7 Å². The molecule has 0 aliphatic rings. The number of amides is 2. The lowest BCUT2D eigenvalue weighted by molar-refractivity contribution is -0.253. The van der Waals surface area contributed by atoms with E-state index in [1.54, 1.807) is 12.1 Å². The largest absolute Gasteiger partial charge is 0.417 e. The molecule has 0 unspecified atom stereocenters. The Morgan fingerprint density at radius 2 is 1.79 bits per heavy atom. The number of carbonyl (C=O) groups excluding carboxylic acids is 2. The second-order valence-corrected chi connectivity index (χ2v) is 6.37.